The molecule has 1 atom stereocenters. The maximum absolute atomic E-state index is 12.7. The molecule has 0 spiro atoms. The standard InChI is InChI=1S/C10H14F2N2O/c1-6(15)10(3-4-10)7-5-14(2)13-8(7)9(11)12/h5-6,9,15H,3-4H2,1-2H3. The van der Waals surface area contributed by atoms with Gasteiger partial charge in [-0.15, -0.1) is 0 Å². The molecule has 5 heteroatoms. The van der Waals surface area contributed by atoms with Gasteiger partial charge in [-0.3, -0.25) is 4.68 Å². The van der Waals surface area contributed by atoms with Gasteiger partial charge >= 0.3 is 0 Å². The highest BCUT2D eigenvalue weighted by Crippen LogP contribution is 2.52. The average Bonchev–Trinajstić information content (AvgIpc) is 2.85. The van der Waals surface area contributed by atoms with Crippen molar-refractivity contribution in [2.45, 2.75) is 37.7 Å². The van der Waals surface area contributed by atoms with E-state index in [9.17, 15) is 13.9 Å². The van der Waals surface area contributed by atoms with Crippen molar-refractivity contribution in [1.29, 1.82) is 0 Å². The Hall–Kier alpha value is -0.970. The lowest BCUT2D eigenvalue weighted by Crippen LogP contribution is -2.23. The number of hydrogen-bond acceptors (Lipinski definition) is 2. The van der Waals surface area contributed by atoms with Crippen molar-refractivity contribution in [3.63, 3.8) is 0 Å². The van der Waals surface area contributed by atoms with Gasteiger partial charge in [-0.1, -0.05) is 0 Å². The maximum atomic E-state index is 12.7. The number of aliphatic hydroxyl groups is 1. The van der Waals surface area contributed by atoms with E-state index in [0.717, 1.165) is 12.8 Å². The molecule has 1 aliphatic carbocycles. The Bertz CT molecular complexity index is 369. The Morgan fingerprint density at radius 3 is 2.53 bits per heavy atom. The first-order valence-electron chi connectivity index (χ1n) is 4.97. The van der Waals surface area contributed by atoms with Gasteiger partial charge in [-0.2, -0.15) is 5.10 Å². The first kappa shape index (κ1) is 10.5. The molecule has 15 heavy (non-hydrogen) atoms. The molecule has 2 rings (SSSR count). The molecular weight excluding hydrogens is 202 g/mol. The monoisotopic (exact) mass is 216 g/mol. The molecule has 0 bridgehead atoms. The van der Waals surface area contributed by atoms with Crippen LogP contribution in [0.3, 0.4) is 0 Å². The molecule has 1 N–H and O–H groups in total. The van der Waals surface area contributed by atoms with Crippen molar-refractivity contribution in [2.24, 2.45) is 7.05 Å². The van der Waals surface area contributed by atoms with Crippen LogP contribution in [0.15, 0.2) is 6.20 Å². The highest BCUT2D eigenvalue weighted by Gasteiger charge is 2.51. The van der Waals surface area contributed by atoms with Gasteiger partial charge in [0.25, 0.3) is 6.43 Å². The molecule has 1 aromatic rings. The van der Waals surface area contributed by atoms with Crippen LogP contribution < -0.4 is 0 Å². The SMILES string of the molecule is CC(O)C1(c2cn(C)nc2C(F)F)CC1. The van der Waals surface area contributed by atoms with E-state index in [2.05, 4.69) is 5.10 Å². The molecule has 84 valence electrons. The fraction of sp³-hybridized carbons (Fsp3) is 0.700. The number of alkyl halides is 2. The van der Waals surface area contributed by atoms with Crippen molar-refractivity contribution in [2.75, 3.05) is 0 Å². The third-order valence-corrected chi connectivity index (χ3v) is 3.19. The molecule has 1 fully saturated rings. The highest BCUT2D eigenvalue weighted by atomic mass is 19.3. The zero-order chi connectivity index (χ0) is 11.2. The Labute approximate surface area is 86.7 Å². The van der Waals surface area contributed by atoms with E-state index in [0.29, 0.717) is 5.56 Å². The molecule has 1 unspecified atom stereocenters. The van der Waals surface area contributed by atoms with Gasteiger partial charge in [-0.05, 0) is 19.8 Å². The summed E-state index contributed by atoms with van der Waals surface area (Å²) in [5.41, 5.74) is -0.147. The minimum absolute atomic E-state index is 0.184. The molecule has 0 aliphatic heterocycles. The van der Waals surface area contributed by atoms with Crippen LogP contribution in [0, 0.1) is 0 Å². The van der Waals surface area contributed by atoms with E-state index in [1.807, 2.05) is 0 Å². The molecule has 0 amide bonds. The predicted octanol–water partition coefficient (Wildman–Crippen LogP) is 1.77. The van der Waals surface area contributed by atoms with Crippen molar-refractivity contribution in [3.8, 4) is 0 Å². The van der Waals surface area contributed by atoms with Crippen LogP contribution in [-0.2, 0) is 12.5 Å². The van der Waals surface area contributed by atoms with Gasteiger partial charge in [0.2, 0.25) is 0 Å². The molecule has 0 aromatic carbocycles. The Morgan fingerprint density at radius 2 is 2.13 bits per heavy atom. The summed E-state index contributed by atoms with van der Waals surface area (Å²) in [5.74, 6) is 0. The minimum Gasteiger partial charge on any atom is -0.392 e. The largest absolute Gasteiger partial charge is 0.392 e. The summed E-state index contributed by atoms with van der Waals surface area (Å²) in [7, 11) is 1.62. The van der Waals surface area contributed by atoms with E-state index < -0.39 is 17.9 Å². The summed E-state index contributed by atoms with van der Waals surface area (Å²) in [6.07, 6.45) is -0.0514. The van der Waals surface area contributed by atoms with Gasteiger partial charge in [-0.25, -0.2) is 8.78 Å². The van der Waals surface area contributed by atoms with Crippen LogP contribution in [0.4, 0.5) is 8.78 Å². The fourth-order valence-electron chi connectivity index (χ4n) is 2.10. The maximum Gasteiger partial charge on any atom is 0.282 e. The molecule has 0 saturated heterocycles. The number of aromatic nitrogens is 2. The van der Waals surface area contributed by atoms with Gasteiger partial charge in [0.1, 0.15) is 5.69 Å². The van der Waals surface area contributed by atoms with Crippen LogP contribution in [0.5, 0.6) is 0 Å². The van der Waals surface area contributed by atoms with Crippen LogP contribution in [0.2, 0.25) is 0 Å². The normalized spacial score (nSPS) is 20.7. The molecule has 1 saturated carbocycles. The Balaban J connectivity index is 2.44. The molecule has 0 radical (unpaired) electrons. The van der Waals surface area contributed by atoms with Crippen molar-refractivity contribution < 1.29 is 13.9 Å². The van der Waals surface area contributed by atoms with Gasteiger partial charge in [0.15, 0.2) is 0 Å². The fourth-order valence-corrected chi connectivity index (χ4v) is 2.10. The predicted molar refractivity (Wildman–Crippen MR) is 50.8 cm³/mol. The first-order chi connectivity index (χ1) is 6.97. The quantitative estimate of drug-likeness (QED) is 0.836. The van der Waals surface area contributed by atoms with Crippen LogP contribution in [-0.4, -0.2) is 21.0 Å². The molecule has 1 aliphatic rings. The minimum atomic E-state index is -2.57. The number of rotatable bonds is 3. The van der Waals surface area contributed by atoms with Crippen LogP contribution in [0.25, 0.3) is 0 Å². The summed E-state index contributed by atoms with van der Waals surface area (Å²) in [5, 5.41) is 13.4. The smallest absolute Gasteiger partial charge is 0.282 e. The summed E-state index contributed by atoms with van der Waals surface area (Å²) in [6, 6.07) is 0. The second kappa shape index (κ2) is 3.27. The summed E-state index contributed by atoms with van der Waals surface area (Å²) >= 11 is 0. The van der Waals surface area contributed by atoms with Crippen molar-refractivity contribution in [3.05, 3.63) is 17.5 Å². The Morgan fingerprint density at radius 1 is 1.53 bits per heavy atom. The topological polar surface area (TPSA) is 38.0 Å². The van der Waals surface area contributed by atoms with Crippen molar-refractivity contribution in [1.82, 2.24) is 9.78 Å². The van der Waals surface area contributed by atoms with Crippen LogP contribution >= 0.6 is 0 Å². The number of aryl methyl sites for hydroxylation is 1. The van der Waals surface area contributed by atoms with E-state index in [-0.39, 0.29) is 5.69 Å². The van der Waals surface area contributed by atoms with E-state index in [1.54, 1.807) is 20.2 Å². The zero-order valence-electron chi connectivity index (χ0n) is 8.74. The van der Waals surface area contributed by atoms with Crippen LogP contribution in [0.1, 0.15) is 37.4 Å². The second-order valence-corrected chi connectivity index (χ2v) is 4.23. The molecule has 1 heterocycles. The van der Waals surface area contributed by atoms with Crippen molar-refractivity contribution >= 4 is 0 Å². The van der Waals surface area contributed by atoms with Gasteiger partial charge in [0, 0.05) is 24.2 Å². The number of aliphatic hydroxyl groups excluding tert-OH is 1. The van der Waals surface area contributed by atoms with E-state index in [4.69, 9.17) is 0 Å². The lowest BCUT2D eigenvalue weighted by molar-refractivity contribution is 0.131. The third kappa shape index (κ3) is 1.55. The summed E-state index contributed by atoms with van der Waals surface area (Å²) < 4.78 is 26.8. The lowest BCUT2D eigenvalue weighted by Gasteiger charge is -2.18. The summed E-state index contributed by atoms with van der Waals surface area (Å²) in [4.78, 5) is 0. The molecular formula is C10H14F2N2O. The zero-order valence-corrected chi connectivity index (χ0v) is 8.74. The van der Waals surface area contributed by atoms with E-state index in [1.165, 1.54) is 4.68 Å². The number of hydrogen-bond donors (Lipinski definition) is 1. The van der Waals surface area contributed by atoms with Gasteiger partial charge < -0.3 is 5.11 Å². The number of nitrogens with zero attached hydrogens (tertiary/aromatic N) is 2. The van der Waals surface area contributed by atoms with Gasteiger partial charge in [0.05, 0.1) is 6.10 Å². The average molecular weight is 216 g/mol. The second-order valence-electron chi connectivity index (χ2n) is 4.23. The van der Waals surface area contributed by atoms with E-state index >= 15 is 0 Å². The Kier molecular flexibility index (Phi) is 2.30. The highest BCUT2D eigenvalue weighted by molar-refractivity contribution is 5.35. The molecule has 1 aromatic heterocycles. The number of halogens is 2. The lowest BCUT2D eigenvalue weighted by atomic mass is 9.91. The molecule has 3 nitrogen and oxygen atoms in total. The summed E-state index contributed by atoms with van der Waals surface area (Å²) in [6.45, 7) is 1.65. The first-order valence-corrected chi connectivity index (χ1v) is 4.97. The third-order valence-electron chi connectivity index (χ3n) is 3.19.